The van der Waals surface area contributed by atoms with Crippen LogP contribution in [0.3, 0.4) is 0 Å². The minimum atomic E-state index is 0.0984. The minimum absolute atomic E-state index is 0.0984. The monoisotopic (exact) mass is 327 g/mol. The van der Waals surface area contributed by atoms with E-state index in [4.69, 9.17) is 0 Å². The summed E-state index contributed by atoms with van der Waals surface area (Å²) < 4.78 is 0. The molecule has 2 nitrogen and oxygen atoms in total. The Bertz CT molecular complexity index is 635. The number of hydrogen-bond acceptors (Lipinski definition) is 1. The van der Waals surface area contributed by atoms with E-state index in [9.17, 15) is 4.79 Å². The molecule has 2 aliphatic rings. The summed E-state index contributed by atoms with van der Waals surface area (Å²) in [5, 5.41) is 3.12. The van der Waals surface area contributed by atoms with Crippen LogP contribution in [0.5, 0.6) is 0 Å². The van der Waals surface area contributed by atoms with Crippen LogP contribution in [0.2, 0.25) is 0 Å². The molecule has 0 unspecified atom stereocenters. The summed E-state index contributed by atoms with van der Waals surface area (Å²) in [4.78, 5) is 11.5. The van der Waals surface area contributed by atoms with E-state index in [1.165, 1.54) is 37.7 Å². The zero-order valence-electron chi connectivity index (χ0n) is 16.0. The lowest BCUT2D eigenvalue weighted by atomic mass is 9.49. The number of nitrogens with one attached hydrogen (secondary N) is 1. The minimum Gasteiger partial charge on any atom is -0.356 e. The second-order valence-corrected chi connectivity index (χ2v) is 9.00. The molecule has 1 aromatic carbocycles. The van der Waals surface area contributed by atoms with Gasteiger partial charge in [0.1, 0.15) is 0 Å². The topological polar surface area (TPSA) is 29.1 Å². The number of hydrogen-bond donors (Lipinski definition) is 1. The van der Waals surface area contributed by atoms with Gasteiger partial charge in [-0.25, -0.2) is 0 Å². The average molecular weight is 328 g/mol. The predicted molar refractivity (Wildman–Crippen MR) is 100 cm³/mol. The Morgan fingerprint density at radius 3 is 2.71 bits per heavy atom. The molecule has 0 heterocycles. The van der Waals surface area contributed by atoms with Gasteiger partial charge < -0.3 is 5.32 Å². The average Bonchev–Trinajstić information content (AvgIpc) is 2.52. The van der Waals surface area contributed by atoms with Crippen LogP contribution in [-0.4, -0.2) is 12.5 Å². The first-order chi connectivity index (χ1) is 11.3. The smallest absolute Gasteiger partial charge is 0.216 e. The fraction of sp³-hybridized carbons (Fsp3) is 0.682. The second kappa shape index (κ2) is 6.20. The van der Waals surface area contributed by atoms with Crippen LogP contribution in [0.25, 0.3) is 0 Å². The van der Waals surface area contributed by atoms with Crippen LogP contribution >= 0.6 is 0 Å². The zero-order valence-corrected chi connectivity index (χ0v) is 16.0. The van der Waals surface area contributed by atoms with E-state index in [-0.39, 0.29) is 16.7 Å². The van der Waals surface area contributed by atoms with E-state index in [2.05, 4.69) is 51.2 Å². The third kappa shape index (κ3) is 2.89. The van der Waals surface area contributed by atoms with Crippen molar-refractivity contribution in [3.05, 3.63) is 34.9 Å². The highest BCUT2D eigenvalue weighted by molar-refractivity contribution is 5.72. The summed E-state index contributed by atoms with van der Waals surface area (Å²) in [7, 11) is 0. The van der Waals surface area contributed by atoms with E-state index in [1.807, 2.05) is 0 Å². The number of benzene rings is 1. The van der Waals surface area contributed by atoms with Crippen LogP contribution in [0.1, 0.15) is 82.9 Å². The molecule has 24 heavy (non-hydrogen) atoms. The van der Waals surface area contributed by atoms with E-state index < -0.39 is 0 Å². The predicted octanol–water partition coefficient (Wildman–Crippen LogP) is 4.96. The molecule has 3 rings (SSSR count). The second-order valence-electron chi connectivity index (χ2n) is 9.00. The third-order valence-electron chi connectivity index (χ3n) is 6.91. The molecule has 0 radical (unpaired) electrons. The zero-order chi connectivity index (χ0) is 17.5. The largest absolute Gasteiger partial charge is 0.356 e. The summed E-state index contributed by atoms with van der Waals surface area (Å²) in [5.41, 5.74) is 5.09. The Balaban J connectivity index is 1.95. The van der Waals surface area contributed by atoms with E-state index in [0.717, 1.165) is 6.54 Å². The molecule has 3 atom stereocenters. The van der Waals surface area contributed by atoms with Gasteiger partial charge in [-0.1, -0.05) is 52.3 Å². The molecule has 0 aliphatic heterocycles. The van der Waals surface area contributed by atoms with Crippen molar-refractivity contribution in [2.24, 2.45) is 11.3 Å². The molecule has 1 saturated carbocycles. The Hall–Kier alpha value is -1.31. The Morgan fingerprint density at radius 1 is 1.29 bits per heavy atom. The van der Waals surface area contributed by atoms with Crippen molar-refractivity contribution in [3.8, 4) is 0 Å². The highest BCUT2D eigenvalue weighted by Crippen LogP contribution is 2.57. The molecule has 0 spiro atoms. The lowest BCUT2D eigenvalue weighted by molar-refractivity contribution is -0.120. The lowest BCUT2D eigenvalue weighted by Crippen LogP contribution is -2.53. The first-order valence-electron chi connectivity index (χ1n) is 9.64. The highest BCUT2D eigenvalue weighted by Gasteiger charge is 2.51. The van der Waals surface area contributed by atoms with Crippen LogP contribution in [0.4, 0.5) is 0 Å². The Kier molecular flexibility index (Phi) is 4.53. The molecular weight excluding hydrogens is 294 g/mol. The molecule has 1 N–H and O–H groups in total. The Morgan fingerprint density at radius 2 is 2.04 bits per heavy atom. The molecule has 0 saturated heterocycles. The van der Waals surface area contributed by atoms with Gasteiger partial charge in [-0.3, -0.25) is 4.79 Å². The van der Waals surface area contributed by atoms with Gasteiger partial charge in [0.25, 0.3) is 0 Å². The van der Waals surface area contributed by atoms with E-state index in [1.54, 1.807) is 18.1 Å². The Labute approximate surface area is 147 Å². The molecule has 0 bridgehead atoms. The van der Waals surface area contributed by atoms with Crippen molar-refractivity contribution in [1.82, 2.24) is 5.32 Å². The summed E-state index contributed by atoms with van der Waals surface area (Å²) in [5.74, 6) is 1.35. The molecule has 2 heteroatoms. The molecule has 1 fully saturated rings. The van der Waals surface area contributed by atoms with Crippen LogP contribution in [0.15, 0.2) is 18.2 Å². The van der Waals surface area contributed by atoms with Gasteiger partial charge in [0, 0.05) is 13.5 Å². The first-order valence-corrected chi connectivity index (χ1v) is 9.64. The highest BCUT2D eigenvalue weighted by atomic mass is 16.1. The van der Waals surface area contributed by atoms with Crippen LogP contribution in [-0.2, 0) is 16.6 Å². The maximum absolute atomic E-state index is 11.5. The van der Waals surface area contributed by atoms with Crippen molar-refractivity contribution >= 4 is 5.91 Å². The summed E-state index contributed by atoms with van der Waals surface area (Å²) in [6, 6.07) is 7.22. The fourth-order valence-electron chi connectivity index (χ4n) is 5.54. The maximum atomic E-state index is 11.5. The summed E-state index contributed by atoms with van der Waals surface area (Å²) in [6.45, 7) is 11.9. The molecule has 2 aliphatic carbocycles. The molecular formula is C22H33NO. The fourth-order valence-corrected chi connectivity index (χ4v) is 5.54. The van der Waals surface area contributed by atoms with Gasteiger partial charge in [0.05, 0.1) is 0 Å². The van der Waals surface area contributed by atoms with Gasteiger partial charge in [0.15, 0.2) is 0 Å². The molecule has 1 amide bonds. The van der Waals surface area contributed by atoms with E-state index >= 15 is 0 Å². The van der Waals surface area contributed by atoms with Gasteiger partial charge >= 0.3 is 0 Å². The normalized spacial score (nSPS) is 32.2. The van der Waals surface area contributed by atoms with Gasteiger partial charge in [-0.15, -0.1) is 0 Å². The van der Waals surface area contributed by atoms with Crippen LogP contribution < -0.4 is 5.32 Å². The molecule has 0 aromatic heterocycles. The van der Waals surface area contributed by atoms with Crippen molar-refractivity contribution in [2.45, 2.75) is 78.1 Å². The summed E-state index contributed by atoms with van der Waals surface area (Å²) in [6.07, 6.45) is 6.20. The lowest BCUT2D eigenvalue weighted by Gasteiger charge is -2.55. The SMILES string of the molecule is CC(=O)NC[C@]1(C)CCC[C@]2(C)c3ccc(C(C)C)cc3CC[C@H]12. The van der Waals surface area contributed by atoms with Gasteiger partial charge in [-0.2, -0.15) is 0 Å². The van der Waals surface area contributed by atoms with Crippen molar-refractivity contribution in [1.29, 1.82) is 0 Å². The van der Waals surface area contributed by atoms with E-state index in [0.29, 0.717) is 11.8 Å². The van der Waals surface area contributed by atoms with Crippen LogP contribution in [0, 0.1) is 11.3 Å². The number of amides is 1. The van der Waals surface area contributed by atoms with Gasteiger partial charge in [0.2, 0.25) is 5.91 Å². The quantitative estimate of drug-likeness (QED) is 0.835. The van der Waals surface area contributed by atoms with Gasteiger partial charge in [-0.05, 0) is 65.0 Å². The molecule has 132 valence electrons. The van der Waals surface area contributed by atoms with Crippen molar-refractivity contribution in [3.63, 3.8) is 0 Å². The third-order valence-corrected chi connectivity index (χ3v) is 6.91. The van der Waals surface area contributed by atoms with Crippen molar-refractivity contribution < 1.29 is 4.79 Å². The maximum Gasteiger partial charge on any atom is 0.216 e. The van der Waals surface area contributed by atoms with Crippen molar-refractivity contribution in [2.75, 3.05) is 6.54 Å². The number of rotatable bonds is 3. The number of carbonyl (C=O) groups is 1. The molecule has 1 aromatic rings. The number of aryl methyl sites for hydroxylation is 1. The number of fused-ring (bicyclic) bond motifs is 3. The standard InChI is InChI=1S/C22H33NO/c1-15(2)17-7-9-19-18(13-17)8-10-20-21(4,14-23-16(3)24)11-6-12-22(19,20)5/h7,9,13,15,20H,6,8,10-12,14H2,1-5H3,(H,23,24)/t20-,21+,22-/m1/s1. The first kappa shape index (κ1) is 17.5. The summed E-state index contributed by atoms with van der Waals surface area (Å²) >= 11 is 0. The number of carbonyl (C=O) groups excluding carboxylic acids is 1.